The molecule has 1 aromatic heterocycles. The van der Waals surface area contributed by atoms with Crippen LogP contribution < -0.4 is 10.2 Å². The fourth-order valence-corrected chi connectivity index (χ4v) is 13.5. The van der Waals surface area contributed by atoms with Gasteiger partial charge in [-0.3, -0.25) is 9.59 Å². The van der Waals surface area contributed by atoms with E-state index in [4.69, 9.17) is 14.5 Å². The lowest BCUT2D eigenvalue weighted by atomic mass is 9.59. The summed E-state index contributed by atoms with van der Waals surface area (Å²) in [6.45, 7) is 52.2. The average Bonchev–Trinajstić information content (AvgIpc) is 3.85. The van der Waals surface area contributed by atoms with Gasteiger partial charge in [0, 0.05) is 47.2 Å². The molecule has 420 valence electrons. The first-order valence-electron chi connectivity index (χ1n) is 29.3. The third-order valence-electron chi connectivity index (χ3n) is 18.9. The molecule has 74 heavy (non-hydrogen) atoms. The monoisotopic (exact) mass is 1030 g/mol. The van der Waals surface area contributed by atoms with E-state index in [9.17, 15) is 9.59 Å². The molecule has 4 atom stereocenters. The molecule has 4 rings (SSSR count). The van der Waals surface area contributed by atoms with Crippen LogP contribution in [0.3, 0.4) is 0 Å². The van der Waals surface area contributed by atoms with E-state index in [1.807, 2.05) is 40.7 Å². The van der Waals surface area contributed by atoms with Crippen LogP contribution in [0, 0.1) is 73.9 Å². The maximum Gasteiger partial charge on any atom is 0.342 e. The minimum atomic E-state index is -0.666. The van der Waals surface area contributed by atoms with Gasteiger partial charge in [0.25, 0.3) is 0 Å². The zero-order chi connectivity index (χ0) is 56.6. The fraction of sp³-hybridized carbons (Fsp3) is 0.797. The second-order valence-electron chi connectivity index (χ2n) is 28.5. The number of aromatic nitrogens is 1. The van der Waals surface area contributed by atoms with E-state index >= 15 is 9.59 Å². The highest BCUT2D eigenvalue weighted by molar-refractivity contribution is 6.26. The molecule has 0 saturated heterocycles. The number of hydrogen-bond acceptors (Lipinski definition) is 7. The molecule has 0 aromatic carbocycles. The molecule has 2 saturated carbocycles. The number of aliphatic imine (C=N–C) groups is 1. The number of carbonyl (C=O) groups excluding carboxylic acids is 4. The highest BCUT2D eigenvalue weighted by Gasteiger charge is 2.51. The molecule has 0 spiro atoms. The Hall–Kier alpha value is -3.69. The summed E-state index contributed by atoms with van der Waals surface area (Å²) in [5.41, 5.74) is 1.21. The zero-order valence-electron chi connectivity index (χ0n) is 51.8. The smallest absolute Gasteiger partial charge is 0.342 e. The Morgan fingerprint density at radius 2 is 1.00 bits per heavy atom. The van der Waals surface area contributed by atoms with Crippen LogP contribution >= 0.6 is 0 Å². The molecule has 2 fully saturated rings. The van der Waals surface area contributed by atoms with Crippen molar-refractivity contribution in [2.45, 2.75) is 249 Å². The van der Waals surface area contributed by atoms with Crippen molar-refractivity contribution in [3.05, 3.63) is 33.7 Å². The van der Waals surface area contributed by atoms with Crippen molar-refractivity contribution in [2.75, 3.05) is 11.9 Å². The Kier molecular flexibility index (Phi) is 20.0. The second-order valence-corrected chi connectivity index (χ2v) is 28.5. The van der Waals surface area contributed by atoms with E-state index in [1.54, 1.807) is 11.9 Å². The Morgan fingerprint density at radius 3 is 1.34 bits per heavy atom. The van der Waals surface area contributed by atoms with Gasteiger partial charge in [-0.15, -0.1) is 0 Å². The Balaban J connectivity index is 2.12. The number of nitrogens with zero attached hydrogens (tertiary/aromatic N) is 2. The third kappa shape index (κ3) is 13.0. The summed E-state index contributed by atoms with van der Waals surface area (Å²) in [6.07, 6.45) is 8.78. The maximum absolute atomic E-state index is 15.6. The number of ether oxygens (including phenoxy) is 2. The average molecular weight is 1030 g/mol. The highest BCUT2D eigenvalue weighted by atomic mass is 16.5. The van der Waals surface area contributed by atoms with Gasteiger partial charge in [0.05, 0.1) is 5.70 Å². The second kappa shape index (κ2) is 23.5. The molecule has 1 aliphatic heterocycles. The molecule has 10 nitrogen and oxygen atoms in total. The van der Waals surface area contributed by atoms with Crippen molar-refractivity contribution in [2.24, 2.45) is 78.9 Å². The lowest BCUT2D eigenvalue weighted by Gasteiger charge is -2.50. The van der Waals surface area contributed by atoms with Gasteiger partial charge in [0.2, 0.25) is 11.8 Å². The normalized spacial score (nSPS) is 25.2. The molecular weight excluding hydrogens is 921 g/mol. The van der Waals surface area contributed by atoms with E-state index in [-0.39, 0.29) is 92.6 Å². The Labute approximate surface area is 451 Å². The van der Waals surface area contributed by atoms with Gasteiger partial charge < -0.3 is 24.7 Å². The Morgan fingerprint density at radius 1 is 0.622 bits per heavy atom. The van der Waals surface area contributed by atoms with Crippen molar-refractivity contribution in [1.82, 2.24) is 10.3 Å². The molecule has 2 heterocycles. The van der Waals surface area contributed by atoms with Crippen LogP contribution in [0.4, 0.5) is 5.82 Å². The molecule has 0 radical (unpaired) electrons. The quantitative estimate of drug-likeness (QED) is 0.159. The highest BCUT2D eigenvalue weighted by Crippen LogP contribution is 2.52. The first-order chi connectivity index (χ1) is 33.9. The number of rotatable bonds is 16. The number of nitrogens with one attached hydrogen (secondary N) is 2. The van der Waals surface area contributed by atoms with Crippen LogP contribution in [0.25, 0.3) is 6.08 Å². The molecule has 2 amide bonds. The van der Waals surface area contributed by atoms with Gasteiger partial charge in [-0.1, -0.05) is 166 Å². The van der Waals surface area contributed by atoms with Crippen molar-refractivity contribution in [1.29, 1.82) is 0 Å². The van der Waals surface area contributed by atoms with Crippen molar-refractivity contribution in [3.63, 3.8) is 0 Å². The summed E-state index contributed by atoms with van der Waals surface area (Å²) in [4.78, 5) is 71.4. The van der Waals surface area contributed by atoms with E-state index in [0.29, 0.717) is 84.3 Å². The molecule has 2 aliphatic carbocycles. The lowest BCUT2D eigenvalue weighted by Crippen LogP contribution is -2.50. The van der Waals surface area contributed by atoms with E-state index < -0.39 is 22.8 Å². The summed E-state index contributed by atoms with van der Waals surface area (Å²) < 4.78 is 14.0. The third-order valence-corrected chi connectivity index (χ3v) is 18.9. The number of hydrogen-bond donors (Lipinski definition) is 2. The maximum atomic E-state index is 15.6. The first kappa shape index (κ1) is 62.8. The van der Waals surface area contributed by atoms with Gasteiger partial charge in [-0.05, 0) is 127 Å². The largest absolute Gasteiger partial charge is 0.458 e. The van der Waals surface area contributed by atoms with Crippen LogP contribution in [-0.2, 0) is 23.9 Å². The van der Waals surface area contributed by atoms with E-state index in [2.05, 4.69) is 142 Å². The molecule has 1 aromatic rings. The van der Waals surface area contributed by atoms with Crippen LogP contribution in [0.1, 0.15) is 258 Å². The number of anilines is 1. The lowest BCUT2D eigenvalue weighted by molar-refractivity contribution is -0.164. The molecule has 3 aliphatic rings. The topological polar surface area (TPSA) is 130 Å². The van der Waals surface area contributed by atoms with Crippen LogP contribution in [0.15, 0.2) is 21.8 Å². The summed E-state index contributed by atoms with van der Waals surface area (Å²) >= 11 is 0. The standard InChI is InChI=1S/C64H108N4O6/c1-26-63(27-2,28-3)57(71)67-53-49(55(69)73-51-41(59(13,14)15)32-39(11)33-42(51)60(16,17)18)47(37(7)8)45(65-53)36-46-48(38(9)10)50(54(66-46)68(25)58(72)64(29-4,30-5)31-6)56(70)74-52-43(61(19,20)21)34-40(12)35-44(52)62(22,23)24/h36-44,51-52,66H,26-35H2,1-25H3,(H,65,67,71)/b45-36-. The zero-order valence-corrected chi connectivity index (χ0v) is 51.8. The molecule has 0 bridgehead atoms. The number of amides is 2. The Bertz CT molecular complexity index is 2190. The number of allylic oxidation sites excluding steroid dienone is 1. The summed E-state index contributed by atoms with van der Waals surface area (Å²) in [6, 6.07) is 0. The fourth-order valence-electron chi connectivity index (χ4n) is 13.5. The number of esters is 2. The molecule has 10 heteroatoms. The summed E-state index contributed by atoms with van der Waals surface area (Å²) in [5.74, 6) is 0.311. The number of carbonyl (C=O) groups is 4. The summed E-state index contributed by atoms with van der Waals surface area (Å²) in [7, 11) is 1.78. The predicted octanol–water partition coefficient (Wildman–Crippen LogP) is 16.3. The van der Waals surface area contributed by atoms with Crippen LogP contribution in [0.5, 0.6) is 0 Å². The minimum absolute atomic E-state index is 0.0661. The van der Waals surface area contributed by atoms with Gasteiger partial charge >= 0.3 is 11.9 Å². The molecule has 2 N–H and O–H groups in total. The van der Waals surface area contributed by atoms with Gasteiger partial charge in [0.15, 0.2) is 0 Å². The van der Waals surface area contributed by atoms with Crippen molar-refractivity contribution >= 4 is 41.5 Å². The van der Waals surface area contributed by atoms with Gasteiger partial charge in [0.1, 0.15) is 35.0 Å². The van der Waals surface area contributed by atoms with Crippen molar-refractivity contribution < 1.29 is 28.7 Å². The number of H-pyrrole nitrogens is 1. The minimum Gasteiger partial charge on any atom is -0.458 e. The van der Waals surface area contributed by atoms with E-state index in [1.165, 1.54) is 0 Å². The van der Waals surface area contributed by atoms with Gasteiger partial charge in [-0.25, -0.2) is 14.6 Å². The molecular formula is C64H108N4O6. The predicted molar refractivity (Wildman–Crippen MR) is 308 cm³/mol. The number of aromatic amines is 1. The van der Waals surface area contributed by atoms with Crippen LogP contribution in [0.2, 0.25) is 0 Å². The number of amidine groups is 1. The van der Waals surface area contributed by atoms with E-state index in [0.717, 1.165) is 25.7 Å². The first-order valence-corrected chi connectivity index (χ1v) is 29.3. The van der Waals surface area contributed by atoms with Gasteiger partial charge in [-0.2, -0.15) is 0 Å². The SMILES string of the molecule is CCC(CC)(CC)C(=O)NC1=N/C(=C\c2[nH]c(N(C)C(=O)C(CC)(CC)CC)c(C(=O)OC3C(C(C)(C)C)CC(C)CC3C(C)(C)C)c2C(C)C)C(C(C)C)=C1C(=O)OC1C(C(C)(C)C)CC(C)CC1C(C)(C)C. The summed E-state index contributed by atoms with van der Waals surface area (Å²) in [5, 5.41) is 3.23. The van der Waals surface area contributed by atoms with Crippen LogP contribution in [-0.4, -0.2) is 53.8 Å². The molecule has 4 unspecified atom stereocenters. The van der Waals surface area contributed by atoms with Crippen molar-refractivity contribution in [3.8, 4) is 0 Å².